The molecule has 1 amide bonds. The number of methoxy groups -OCH3 is 2. The van der Waals surface area contributed by atoms with Gasteiger partial charge in [0.25, 0.3) is 5.91 Å². The third kappa shape index (κ3) is 4.05. The summed E-state index contributed by atoms with van der Waals surface area (Å²) < 4.78 is 23.2. The number of rotatable bonds is 5. The second-order valence-electron chi connectivity index (χ2n) is 5.74. The Kier molecular flexibility index (Phi) is 5.35. The van der Waals surface area contributed by atoms with Crippen LogP contribution in [0.15, 0.2) is 47.6 Å². The van der Waals surface area contributed by atoms with Crippen molar-refractivity contribution in [3.63, 3.8) is 0 Å². The summed E-state index contributed by atoms with van der Waals surface area (Å²) in [5.74, 6) is -1.06. The maximum absolute atomic E-state index is 13.4. The first-order valence-corrected chi connectivity index (χ1v) is 8.07. The zero-order valence-electron chi connectivity index (χ0n) is 14.7. The maximum atomic E-state index is 13.4. The number of esters is 1. The second kappa shape index (κ2) is 7.86. The minimum Gasteiger partial charge on any atom is -0.497 e. The number of anilines is 1. The van der Waals surface area contributed by atoms with Crippen molar-refractivity contribution in [3.05, 3.63) is 59.4 Å². The van der Waals surface area contributed by atoms with Gasteiger partial charge >= 0.3 is 5.97 Å². The molecule has 8 heteroatoms. The molecule has 1 atom stereocenters. The number of halogens is 1. The van der Waals surface area contributed by atoms with E-state index in [0.717, 1.165) is 0 Å². The standard InChI is InChI=1S/C19H17FN2O5/c1-25-13-6-7-15(14(9-13)19(24)26-2)21-18(23)17-10-16(22-27-17)11-4-3-5-12(20)8-11/h3-9,17H,10H2,1-2H3,(H,21,23). The highest BCUT2D eigenvalue weighted by atomic mass is 19.1. The Morgan fingerprint density at radius 3 is 2.74 bits per heavy atom. The van der Waals surface area contributed by atoms with E-state index in [0.29, 0.717) is 17.0 Å². The van der Waals surface area contributed by atoms with Gasteiger partial charge in [-0.1, -0.05) is 17.3 Å². The minimum absolute atomic E-state index is 0.148. The maximum Gasteiger partial charge on any atom is 0.340 e. The van der Waals surface area contributed by atoms with Gasteiger partial charge in [0.2, 0.25) is 6.10 Å². The monoisotopic (exact) mass is 372 g/mol. The molecular formula is C19H17FN2O5. The molecule has 27 heavy (non-hydrogen) atoms. The van der Waals surface area contributed by atoms with Crippen LogP contribution in [-0.4, -0.2) is 37.9 Å². The van der Waals surface area contributed by atoms with E-state index in [1.165, 1.54) is 38.5 Å². The Bertz CT molecular complexity index is 913. The predicted octanol–water partition coefficient (Wildman–Crippen LogP) is 2.75. The van der Waals surface area contributed by atoms with Crippen LogP contribution in [-0.2, 0) is 14.4 Å². The highest BCUT2D eigenvalue weighted by molar-refractivity contribution is 6.07. The lowest BCUT2D eigenvalue weighted by Gasteiger charge is -2.13. The summed E-state index contributed by atoms with van der Waals surface area (Å²) in [4.78, 5) is 29.6. The van der Waals surface area contributed by atoms with E-state index in [1.54, 1.807) is 18.2 Å². The summed E-state index contributed by atoms with van der Waals surface area (Å²) >= 11 is 0. The number of benzene rings is 2. The zero-order chi connectivity index (χ0) is 19.4. The summed E-state index contributed by atoms with van der Waals surface area (Å²) in [7, 11) is 2.71. The average molecular weight is 372 g/mol. The number of amides is 1. The molecule has 2 aromatic carbocycles. The Hall–Kier alpha value is -3.42. The molecule has 1 aliphatic heterocycles. The molecule has 1 aliphatic rings. The summed E-state index contributed by atoms with van der Waals surface area (Å²) in [6.45, 7) is 0. The predicted molar refractivity (Wildman–Crippen MR) is 95.4 cm³/mol. The molecular weight excluding hydrogens is 355 g/mol. The first-order chi connectivity index (χ1) is 13.0. The molecule has 0 radical (unpaired) electrons. The number of nitrogens with one attached hydrogen (secondary N) is 1. The largest absolute Gasteiger partial charge is 0.497 e. The lowest BCUT2D eigenvalue weighted by atomic mass is 10.0. The van der Waals surface area contributed by atoms with Crippen LogP contribution in [0.5, 0.6) is 5.75 Å². The topological polar surface area (TPSA) is 86.2 Å². The average Bonchev–Trinajstić information content (AvgIpc) is 3.18. The fourth-order valence-corrected chi connectivity index (χ4v) is 2.61. The highest BCUT2D eigenvalue weighted by Crippen LogP contribution is 2.25. The fraction of sp³-hybridized carbons (Fsp3) is 0.211. The summed E-state index contributed by atoms with van der Waals surface area (Å²) in [5.41, 5.74) is 1.42. The molecule has 0 spiro atoms. The van der Waals surface area contributed by atoms with Crippen LogP contribution in [0.2, 0.25) is 0 Å². The van der Waals surface area contributed by atoms with E-state index in [2.05, 4.69) is 10.5 Å². The molecule has 140 valence electrons. The number of oxime groups is 1. The van der Waals surface area contributed by atoms with Gasteiger partial charge in [0, 0.05) is 12.0 Å². The van der Waals surface area contributed by atoms with E-state index < -0.39 is 23.8 Å². The molecule has 0 saturated heterocycles. The molecule has 1 unspecified atom stereocenters. The van der Waals surface area contributed by atoms with Crippen molar-refractivity contribution in [1.82, 2.24) is 0 Å². The summed E-state index contributed by atoms with van der Waals surface area (Å²) in [6, 6.07) is 10.5. The Morgan fingerprint density at radius 1 is 1.22 bits per heavy atom. The first-order valence-electron chi connectivity index (χ1n) is 8.07. The van der Waals surface area contributed by atoms with Crippen LogP contribution in [0.4, 0.5) is 10.1 Å². The molecule has 0 saturated carbocycles. The van der Waals surface area contributed by atoms with Gasteiger partial charge in [-0.2, -0.15) is 0 Å². The van der Waals surface area contributed by atoms with Crippen molar-refractivity contribution < 1.29 is 28.3 Å². The molecule has 3 rings (SSSR count). The van der Waals surface area contributed by atoms with E-state index in [4.69, 9.17) is 14.3 Å². The summed E-state index contributed by atoms with van der Waals surface area (Å²) in [5, 5.41) is 6.50. The molecule has 0 bridgehead atoms. The molecule has 0 aliphatic carbocycles. The van der Waals surface area contributed by atoms with Gasteiger partial charge in [0.15, 0.2) is 0 Å². The van der Waals surface area contributed by atoms with E-state index in [-0.39, 0.29) is 17.7 Å². The van der Waals surface area contributed by atoms with Crippen molar-refractivity contribution in [2.24, 2.45) is 5.16 Å². The van der Waals surface area contributed by atoms with Gasteiger partial charge in [-0.05, 0) is 30.3 Å². The quantitative estimate of drug-likeness (QED) is 0.816. The van der Waals surface area contributed by atoms with Gasteiger partial charge in [0.1, 0.15) is 11.6 Å². The van der Waals surface area contributed by atoms with Crippen LogP contribution in [0.3, 0.4) is 0 Å². The SMILES string of the molecule is COC(=O)c1cc(OC)ccc1NC(=O)C1CC(c2cccc(F)c2)=NO1. The van der Waals surface area contributed by atoms with E-state index >= 15 is 0 Å². The third-order valence-electron chi connectivity index (χ3n) is 4.01. The highest BCUT2D eigenvalue weighted by Gasteiger charge is 2.30. The van der Waals surface area contributed by atoms with Crippen molar-refractivity contribution in [1.29, 1.82) is 0 Å². The van der Waals surface area contributed by atoms with Crippen LogP contribution < -0.4 is 10.1 Å². The Balaban J connectivity index is 1.73. The lowest BCUT2D eigenvalue weighted by Crippen LogP contribution is -2.28. The zero-order valence-corrected chi connectivity index (χ0v) is 14.7. The number of nitrogens with zero attached hydrogens (tertiary/aromatic N) is 1. The van der Waals surface area contributed by atoms with Gasteiger partial charge in [-0.3, -0.25) is 4.79 Å². The Morgan fingerprint density at radius 2 is 2.04 bits per heavy atom. The molecule has 2 aromatic rings. The lowest BCUT2D eigenvalue weighted by molar-refractivity contribution is -0.125. The molecule has 1 heterocycles. The van der Waals surface area contributed by atoms with Gasteiger partial charge in [-0.15, -0.1) is 0 Å². The van der Waals surface area contributed by atoms with Crippen LogP contribution in [0.1, 0.15) is 22.3 Å². The van der Waals surface area contributed by atoms with Gasteiger partial charge in [0.05, 0.1) is 31.2 Å². The van der Waals surface area contributed by atoms with Crippen LogP contribution >= 0.6 is 0 Å². The fourth-order valence-electron chi connectivity index (χ4n) is 2.61. The molecule has 0 aromatic heterocycles. The van der Waals surface area contributed by atoms with E-state index in [1.807, 2.05) is 0 Å². The van der Waals surface area contributed by atoms with Crippen LogP contribution in [0, 0.1) is 5.82 Å². The smallest absolute Gasteiger partial charge is 0.340 e. The van der Waals surface area contributed by atoms with Crippen molar-refractivity contribution in [2.75, 3.05) is 19.5 Å². The van der Waals surface area contributed by atoms with Gasteiger partial charge in [-0.25, -0.2) is 9.18 Å². The summed E-state index contributed by atoms with van der Waals surface area (Å²) in [6.07, 6.45) is -0.713. The van der Waals surface area contributed by atoms with Crippen LogP contribution in [0.25, 0.3) is 0 Å². The van der Waals surface area contributed by atoms with E-state index in [9.17, 15) is 14.0 Å². The molecule has 0 fully saturated rings. The number of hydrogen-bond donors (Lipinski definition) is 1. The first kappa shape index (κ1) is 18.4. The molecule has 1 N–H and O–H groups in total. The second-order valence-corrected chi connectivity index (χ2v) is 5.74. The normalized spacial score (nSPS) is 15.5. The number of carbonyl (C=O) groups is 2. The van der Waals surface area contributed by atoms with Crippen molar-refractivity contribution in [3.8, 4) is 5.75 Å². The van der Waals surface area contributed by atoms with Crippen molar-refractivity contribution in [2.45, 2.75) is 12.5 Å². The minimum atomic E-state index is -0.893. The Labute approximate surface area is 154 Å². The third-order valence-corrected chi connectivity index (χ3v) is 4.01. The number of ether oxygens (including phenoxy) is 2. The van der Waals surface area contributed by atoms with Gasteiger partial charge < -0.3 is 19.6 Å². The number of hydrogen-bond acceptors (Lipinski definition) is 6. The molecule has 7 nitrogen and oxygen atoms in total. The van der Waals surface area contributed by atoms with Crippen molar-refractivity contribution >= 4 is 23.3 Å². The number of carbonyl (C=O) groups excluding carboxylic acids is 2.